The van der Waals surface area contributed by atoms with E-state index in [2.05, 4.69) is 15.3 Å². The summed E-state index contributed by atoms with van der Waals surface area (Å²) in [6.45, 7) is 1.30. The molecule has 0 saturated carbocycles. The molecule has 14 heavy (non-hydrogen) atoms. The van der Waals surface area contributed by atoms with E-state index in [9.17, 15) is 4.79 Å². The molecule has 0 aliphatic heterocycles. The van der Waals surface area contributed by atoms with E-state index in [1.807, 2.05) is 0 Å². The minimum absolute atomic E-state index is 0.00787. The first-order valence-corrected chi connectivity index (χ1v) is 3.65. The third kappa shape index (κ3) is 1.87. The average Bonchev–Trinajstić information content (AvgIpc) is 2.01. The van der Waals surface area contributed by atoms with Gasteiger partial charge in [0.1, 0.15) is 23.3 Å². The zero-order chi connectivity index (χ0) is 10.7. The Kier molecular flexibility index (Phi) is 2.48. The van der Waals surface area contributed by atoms with Gasteiger partial charge in [0, 0.05) is 6.92 Å². The highest BCUT2D eigenvalue weighted by atomic mass is 16.1. The number of nitrogens with two attached hydrogens (primary N) is 2. The van der Waals surface area contributed by atoms with Crippen molar-refractivity contribution in [2.45, 2.75) is 6.92 Å². The lowest BCUT2D eigenvalue weighted by molar-refractivity contribution is -0.114. The van der Waals surface area contributed by atoms with Crippen LogP contribution in [0.5, 0.6) is 0 Å². The molecule has 0 fully saturated rings. The van der Waals surface area contributed by atoms with Crippen LogP contribution in [0.25, 0.3) is 0 Å². The van der Waals surface area contributed by atoms with E-state index < -0.39 is 0 Å². The lowest BCUT2D eigenvalue weighted by Gasteiger charge is -2.04. The third-order valence-corrected chi connectivity index (χ3v) is 1.36. The number of nitrogens with zero attached hydrogens (tertiary/aromatic N) is 3. The number of carbonyl (C=O) groups is 1. The number of hydrogen-bond acceptors (Lipinski definition) is 6. The van der Waals surface area contributed by atoms with Crippen LogP contribution in [0.2, 0.25) is 0 Å². The van der Waals surface area contributed by atoms with Crippen LogP contribution in [0.4, 0.5) is 17.6 Å². The largest absolute Gasteiger partial charge is 0.382 e. The number of nitrogen functional groups attached to an aromatic ring is 2. The van der Waals surface area contributed by atoms with E-state index in [-0.39, 0.29) is 29.1 Å². The molecule has 1 rings (SSSR count). The summed E-state index contributed by atoms with van der Waals surface area (Å²) < 4.78 is 0. The van der Waals surface area contributed by atoms with Crippen molar-refractivity contribution in [3.05, 3.63) is 5.56 Å². The topological polar surface area (TPSA) is 131 Å². The van der Waals surface area contributed by atoms with Crippen LogP contribution in [0.3, 0.4) is 0 Å². The molecule has 1 amide bonds. The van der Waals surface area contributed by atoms with Crippen molar-refractivity contribution in [1.82, 2.24) is 9.97 Å². The van der Waals surface area contributed by atoms with Crippen molar-refractivity contribution < 1.29 is 4.79 Å². The predicted molar refractivity (Wildman–Crippen MR) is 49.9 cm³/mol. The Morgan fingerprint density at radius 3 is 2.29 bits per heavy atom. The number of carbonyl (C=O) groups excluding carboxylic acids is 1. The van der Waals surface area contributed by atoms with Crippen molar-refractivity contribution in [2.24, 2.45) is 0 Å². The number of amides is 1. The third-order valence-electron chi connectivity index (χ3n) is 1.36. The molecule has 0 bridgehead atoms. The van der Waals surface area contributed by atoms with Crippen LogP contribution in [-0.2, 0) is 4.79 Å². The summed E-state index contributed by atoms with van der Waals surface area (Å²) in [6, 6.07) is 1.76. The lowest BCUT2D eigenvalue weighted by Crippen LogP contribution is -2.12. The maximum absolute atomic E-state index is 10.7. The maximum atomic E-state index is 10.7. The molecule has 0 spiro atoms. The van der Waals surface area contributed by atoms with E-state index >= 15 is 0 Å². The molecule has 72 valence electrons. The maximum Gasteiger partial charge on any atom is 0.233 e. The van der Waals surface area contributed by atoms with Gasteiger partial charge < -0.3 is 11.5 Å². The summed E-state index contributed by atoms with van der Waals surface area (Å²) >= 11 is 0. The molecule has 0 aliphatic carbocycles. The van der Waals surface area contributed by atoms with Gasteiger partial charge in [-0.15, -0.1) is 0 Å². The van der Waals surface area contributed by atoms with Gasteiger partial charge in [-0.1, -0.05) is 0 Å². The van der Waals surface area contributed by atoms with Gasteiger partial charge in [-0.05, 0) is 0 Å². The summed E-state index contributed by atoms with van der Waals surface area (Å²) in [5, 5.41) is 10.9. The lowest BCUT2D eigenvalue weighted by atomic mass is 10.3. The Morgan fingerprint density at radius 1 is 1.43 bits per heavy atom. The fraction of sp³-hybridized carbons (Fsp3) is 0.143. The molecule has 7 nitrogen and oxygen atoms in total. The van der Waals surface area contributed by atoms with Gasteiger partial charge in [0.05, 0.1) is 0 Å². The normalized spacial score (nSPS) is 9.14. The quantitative estimate of drug-likeness (QED) is 0.548. The number of hydrogen-bond donors (Lipinski definition) is 3. The van der Waals surface area contributed by atoms with E-state index in [0.29, 0.717) is 0 Å². The number of anilines is 3. The zero-order valence-electron chi connectivity index (χ0n) is 7.40. The van der Waals surface area contributed by atoms with Gasteiger partial charge in [0.2, 0.25) is 11.9 Å². The minimum atomic E-state index is -0.339. The number of rotatable bonds is 1. The van der Waals surface area contributed by atoms with Crippen LogP contribution >= 0.6 is 0 Å². The van der Waals surface area contributed by atoms with Crippen LogP contribution in [0.1, 0.15) is 12.5 Å². The van der Waals surface area contributed by atoms with Crippen LogP contribution in [-0.4, -0.2) is 15.9 Å². The predicted octanol–water partition coefficient (Wildman–Crippen LogP) is -0.529. The molecule has 1 heterocycles. The number of nitriles is 1. The van der Waals surface area contributed by atoms with E-state index in [4.69, 9.17) is 16.7 Å². The molecular weight excluding hydrogens is 184 g/mol. The minimum Gasteiger partial charge on any atom is -0.382 e. The van der Waals surface area contributed by atoms with Crippen LogP contribution < -0.4 is 16.8 Å². The molecule has 0 radical (unpaired) electrons. The smallest absolute Gasteiger partial charge is 0.233 e. The van der Waals surface area contributed by atoms with Gasteiger partial charge in [-0.2, -0.15) is 15.2 Å². The summed E-state index contributed by atoms with van der Waals surface area (Å²) in [7, 11) is 0. The SMILES string of the molecule is CC(=O)Nc1nc(N)c(C#N)c(N)n1. The highest BCUT2D eigenvalue weighted by molar-refractivity contribution is 5.87. The van der Waals surface area contributed by atoms with Gasteiger partial charge in [-0.3, -0.25) is 10.1 Å². The second-order valence-corrected chi connectivity index (χ2v) is 2.49. The molecule has 1 aromatic rings. The van der Waals surface area contributed by atoms with Gasteiger partial charge >= 0.3 is 0 Å². The molecule has 0 aromatic carbocycles. The van der Waals surface area contributed by atoms with Crippen molar-refractivity contribution in [2.75, 3.05) is 16.8 Å². The van der Waals surface area contributed by atoms with Crippen LogP contribution in [0.15, 0.2) is 0 Å². The monoisotopic (exact) mass is 192 g/mol. The summed E-state index contributed by atoms with van der Waals surface area (Å²) in [6.07, 6.45) is 0. The second-order valence-electron chi connectivity index (χ2n) is 2.49. The Hall–Kier alpha value is -2.36. The molecule has 0 unspecified atom stereocenters. The Morgan fingerprint density at radius 2 is 1.93 bits per heavy atom. The summed E-state index contributed by atoms with van der Waals surface area (Å²) in [5.74, 6) is -0.451. The highest BCUT2D eigenvalue weighted by Crippen LogP contribution is 2.15. The average molecular weight is 192 g/mol. The Labute approximate surface area is 79.7 Å². The van der Waals surface area contributed by atoms with Crippen molar-refractivity contribution in [3.63, 3.8) is 0 Å². The first-order chi connectivity index (χ1) is 6.54. The van der Waals surface area contributed by atoms with E-state index in [1.165, 1.54) is 6.92 Å². The van der Waals surface area contributed by atoms with E-state index in [1.54, 1.807) is 6.07 Å². The zero-order valence-corrected chi connectivity index (χ0v) is 7.40. The fourth-order valence-electron chi connectivity index (χ4n) is 0.824. The van der Waals surface area contributed by atoms with Crippen molar-refractivity contribution >= 4 is 23.5 Å². The summed E-state index contributed by atoms with van der Waals surface area (Å²) in [4.78, 5) is 18.0. The van der Waals surface area contributed by atoms with Crippen LogP contribution in [0, 0.1) is 11.3 Å². The Balaban J connectivity index is 3.15. The van der Waals surface area contributed by atoms with Gasteiger partial charge in [-0.25, -0.2) is 0 Å². The van der Waals surface area contributed by atoms with Crippen molar-refractivity contribution in [1.29, 1.82) is 5.26 Å². The summed E-state index contributed by atoms with van der Waals surface area (Å²) in [5.41, 5.74) is 10.8. The van der Waals surface area contributed by atoms with E-state index in [0.717, 1.165) is 0 Å². The number of aromatic nitrogens is 2. The standard InChI is InChI=1S/C7H8N6O/c1-3(14)11-7-12-5(9)4(2-8)6(10)13-7/h1H3,(H5,9,10,11,12,13,14). The first kappa shape index (κ1) is 9.73. The Bertz CT molecular complexity index is 398. The number of nitrogens with one attached hydrogen (secondary N) is 1. The molecular formula is C7H8N6O. The van der Waals surface area contributed by atoms with Gasteiger partial charge in [0.15, 0.2) is 0 Å². The first-order valence-electron chi connectivity index (χ1n) is 3.65. The molecule has 0 aliphatic rings. The fourth-order valence-corrected chi connectivity index (χ4v) is 0.824. The molecule has 7 heteroatoms. The highest BCUT2D eigenvalue weighted by Gasteiger charge is 2.09. The van der Waals surface area contributed by atoms with Crippen molar-refractivity contribution in [3.8, 4) is 6.07 Å². The molecule has 5 N–H and O–H groups in total. The van der Waals surface area contributed by atoms with Gasteiger partial charge in [0.25, 0.3) is 0 Å². The second kappa shape index (κ2) is 3.57. The molecule has 1 aromatic heterocycles. The molecule has 0 saturated heterocycles. The molecule has 0 atom stereocenters.